The third-order valence-electron chi connectivity index (χ3n) is 3.31. The van der Waals surface area contributed by atoms with Crippen LogP contribution in [0.1, 0.15) is 27.2 Å². The van der Waals surface area contributed by atoms with Gasteiger partial charge in [-0.15, -0.1) is 0 Å². The van der Waals surface area contributed by atoms with Gasteiger partial charge in [0, 0.05) is 38.8 Å². The molecule has 1 aliphatic heterocycles. The Morgan fingerprint density at radius 1 is 1.32 bits per heavy atom. The van der Waals surface area contributed by atoms with Crippen LogP contribution in [0.5, 0.6) is 0 Å². The number of amides is 3. The normalized spacial score (nSPS) is 20.2. The van der Waals surface area contributed by atoms with E-state index in [0.717, 1.165) is 19.5 Å². The predicted octanol–water partition coefficient (Wildman–Crippen LogP) is 0.247. The Labute approximate surface area is 115 Å². The lowest BCUT2D eigenvalue weighted by Gasteiger charge is -2.31. The second-order valence-corrected chi connectivity index (χ2v) is 6.22. The van der Waals surface area contributed by atoms with Crippen LogP contribution in [0.4, 0.5) is 4.79 Å². The summed E-state index contributed by atoms with van der Waals surface area (Å²) in [6.45, 7) is 8.43. The number of hydrogen-bond donors (Lipinski definition) is 2. The van der Waals surface area contributed by atoms with Crippen molar-refractivity contribution in [2.24, 2.45) is 0 Å². The van der Waals surface area contributed by atoms with E-state index >= 15 is 0 Å². The summed E-state index contributed by atoms with van der Waals surface area (Å²) in [5.41, 5.74) is 0.138. The maximum atomic E-state index is 11.7. The summed E-state index contributed by atoms with van der Waals surface area (Å²) in [5, 5.41) is 5.52. The molecule has 0 aromatic rings. The van der Waals surface area contributed by atoms with Crippen molar-refractivity contribution in [1.29, 1.82) is 0 Å². The third kappa shape index (κ3) is 5.06. The van der Waals surface area contributed by atoms with E-state index in [1.54, 1.807) is 14.1 Å². The van der Waals surface area contributed by atoms with Crippen LogP contribution in [0.15, 0.2) is 0 Å². The van der Waals surface area contributed by atoms with Gasteiger partial charge in [0.05, 0.1) is 6.54 Å². The number of carbonyl (C=O) groups excluding carboxylic acids is 2. The second kappa shape index (κ2) is 6.23. The van der Waals surface area contributed by atoms with Crippen molar-refractivity contribution in [2.75, 3.05) is 33.7 Å². The first-order valence-electron chi connectivity index (χ1n) is 6.69. The van der Waals surface area contributed by atoms with Gasteiger partial charge < -0.3 is 15.5 Å². The molecular weight excluding hydrogens is 244 g/mol. The van der Waals surface area contributed by atoms with Crippen LogP contribution in [0, 0.1) is 0 Å². The molecule has 3 amide bonds. The topological polar surface area (TPSA) is 64.7 Å². The molecule has 1 saturated heterocycles. The van der Waals surface area contributed by atoms with Crippen molar-refractivity contribution < 1.29 is 9.59 Å². The minimum absolute atomic E-state index is 0.0308. The van der Waals surface area contributed by atoms with Gasteiger partial charge in [0.2, 0.25) is 5.91 Å². The number of likely N-dealkylation sites (tertiary alicyclic amines) is 1. The SMILES string of the molecule is CN(C)C(=O)NCC(=O)N[C@H]1CCN(C(C)(C)C)C1. The average molecular weight is 270 g/mol. The lowest BCUT2D eigenvalue weighted by atomic mass is 10.1. The van der Waals surface area contributed by atoms with E-state index in [0.29, 0.717) is 0 Å². The van der Waals surface area contributed by atoms with Crippen LogP contribution in [0.25, 0.3) is 0 Å². The Hall–Kier alpha value is -1.30. The first-order valence-corrected chi connectivity index (χ1v) is 6.69. The van der Waals surface area contributed by atoms with Gasteiger partial charge in [0.1, 0.15) is 0 Å². The molecule has 1 atom stereocenters. The number of urea groups is 1. The minimum atomic E-state index is -0.252. The molecule has 2 N–H and O–H groups in total. The summed E-state index contributed by atoms with van der Waals surface area (Å²) in [4.78, 5) is 26.8. The summed E-state index contributed by atoms with van der Waals surface area (Å²) in [6, 6.07) is -0.0686. The molecule has 110 valence electrons. The van der Waals surface area contributed by atoms with Gasteiger partial charge in [0.25, 0.3) is 0 Å². The molecule has 0 radical (unpaired) electrons. The monoisotopic (exact) mass is 270 g/mol. The highest BCUT2D eigenvalue weighted by Crippen LogP contribution is 2.20. The van der Waals surface area contributed by atoms with Gasteiger partial charge in [-0.25, -0.2) is 4.79 Å². The van der Waals surface area contributed by atoms with E-state index in [1.807, 2.05) is 0 Å². The molecule has 1 fully saturated rings. The molecule has 1 rings (SSSR count). The third-order valence-corrected chi connectivity index (χ3v) is 3.31. The maximum Gasteiger partial charge on any atom is 0.317 e. The van der Waals surface area contributed by atoms with E-state index in [2.05, 4.69) is 36.3 Å². The molecule has 0 spiro atoms. The summed E-state index contributed by atoms with van der Waals surface area (Å²) in [6.07, 6.45) is 0.963. The number of nitrogens with zero attached hydrogens (tertiary/aromatic N) is 2. The zero-order valence-corrected chi connectivity index (χ0v) is 12.6. The van der Waals surface area contributed by atoms with Crippen molar-refractivity contribution >= 4 is 11.9 Å². The highest BCUT2D eigenvalue weighted by atomic mass is 16.2. The van der Waals surface area contributed by atoms with Crippen molar-refractivity contribution in [2.45, 2.75) is 38.8 Å². The Balaban J connectivity index is 2.29. The van der Waals surface area contributed by atoms with Crippen LogP contribution < -0.4 is 10.6 Å². The van der Waals surface area contributed by atoms with Gasteiger partial charge in [-0.3, -0.25) is 9.69 Å². The van der Waals surface area contributed by atoms with E-state index in [9.17, 15) is 9.59 Å². The molecule has 0 unspecified atom stereocenters. The van der Waals surface area contributed by atoms with Crippen LogP contribution >= 0.6 is 0 Å². The summed E-state index contributed by atoms with van der Waals surface area (Å²) in [5.74, 6) is -0.129. The molecule has 0 aliphatic carbocycles. The highest BCUT2D eigenvalue weighted by molar-refractivity contribution is 5.83. The number of hydrogen-bond acceptors (Lipinski definition) is 3. The van der Waals surface area contributed by atoms with Gasteiger partial charge in [-0.05, 0) is 27.2 Å². The maximum absolute atomic E-state index is 11.7. The minimum Gasteiger partial charge on any atom is -0.350 e. The van der Waals surface area contributed by atoms with Gasteiger partial charge in [0.15, 0.2) is 0 Å². The largest absolute Gasteiger partial charge is 0.350 e. The van der Waals surface area contributed by atoms with Crippen molar-refractivity contribution in [3.8, 4) is 0 Å². The van der Waals surface area contributed by atoms with Gasteiger partial charge in [-0.2, -0.15) is 0 Å². The van der Waals surface area contributed by atoms with E-state index in [1.165, 1.54) is 4.90 Å². The lowest BCUT2D eigenvalue weighted by Crippen LogP contribution is -2.46. The zero-order valence-electron chi connectivity index (χ0n) is 12.6. The lowest BCUT2D eigenvalue weighted by molar-refractivity contribution is -0.120. The zero-order chi connectivity index (χ0) is 14.6. The van der Waals surface area contributed by atoms with E-state index in [4.69, 9.17) is 0 Å². The first-order chi connectivity index (χ1) is 8.70. The number of carbonyl (C=O) groups is 2. The quantitative estimate of drug-likeness (QED) is 0.772. The summed E-state index contributed by atoms with van der Waals surface area (Å²) < 4.78 is 0. The second-order valence-electron chi connectivity index (χ2n) is 6.22. The fraction of sp³-hybridized carbons (Fsp3) is 0.846. The molecule has 1 aliphatic rings. The fourth-order valence-electron chi connectivity index (χ4n) is 2.08. The Morgan fingerprint density at radius 3 is 2.42 bits per heavy atom. The van der Waals surface area contributed by atoms with Crippen molar-refractivity contribution in [1.82, 2.24) is 20.4 Å². The Kier molecular flexibility index (Phi) is 5.17. The predicted molar refractivity (Wildman–Crippen MR) is 75.0 cm³/mol. The Morgan fingerprint density at radius 2 is 1.95 bits per heavy atom. The van der Waals surface area contributed by atoms with Crippen LogP contribution in [-0.4, -0.2) is 67.0 Å². The first kappa shape index (κ1) is 15.8. The highest BCUT2D eigenvalue weighted by Gasteiger charge is 2.30. The molecule has 0 bridgehead atoms. The van der Waals surface area contributed by atoms with E-state index in [-0.39, 0.29) is 30.1 Å². The van der Waals surface area contributed by atoms with Crippen LogP contribution in [-0.2, 0) is 4.79 Å². The van der Waals surface area contributed by atoms with Gasteiger partial charge in [-0.1, -0.05) is 0 Å². The summed E-state index contributed by atoms with van der Waals surface area (Å²) in [7, 11) is 3.29. The van der Waals surface area contributed by atoms with Crippen molar-refractivity contribution in [3.63, 3.8) is 0 Å². The van der Waals surface area contributed by atoms with Gasteiger partial charge >= 0.3 is 6.03 Å². The molecule has 0 aromatic carbocycles. The summed E-state index contributed by atoms with van der Waals surface area (Å²) >= 11 is 0. The molecule has 19 heavy (non-hydrogen) atoms. The van der Waals surface area contributed by atoms with Crippen molar-refractivity contribution in [3.05, 3.63) is 0 Å². The van der Waals surface area contributed by atoms with Crippen LogP contribution in [0.2, 0.25) is 0 Å². The van der Waals surface area contributed by atoms with E-state index < -0.39 is 0 Å². The van der Waals surface area contributed by atoms with Crippen LogP contribution in [0.3, 0.4) is 0 Å². The molecule has 6 heteroatoms. The molecular formula is C13H26N4O2. The molecule has 0 aromatic heterocycles. The molecule has 0 saturated carbocycles. The smallest absolute Gasteiger partial charge is 0.317 e. The average Bonchev–Trinajstić information content (AvgIpc) is 2.73. The standard InChI is InChI=1S/C13H26N4O2/c1-13(2,3)17-7-6-10(9-17)15-11(18)8-14-12(19)16(4)5/h10H,6-9H2,1-5H3,(H,14,19)(H,15,18)/t10-/m0/s1. The molecule has 6 nitrogen and oxygen atoms in total. The fourth-order valence-corrected chi connectivity index (χ4v) is 2.08. The number of rotatable bonds is 3. The Bertz CT molecular complexity index is 336. The number of nitrogens with one attached hydrogen (secondary N) is 2. The molecule has 1 heterocycles.